The lowest BCUT2D eigenvalue weighted by atomic mass is 9.59. The molecular weight excluding hydrogens is 635 g/mol. The molecule has 2 aromatic carbocycles. The summed E-state index contributed by atoms with van der Waals surface area (Å²) in [6, 6.07) is 12.0. The number of aliphatic hydroxyl groups excluding tert-OH is 2. The van der Waals surface area contributed by atoms with Crippen molar-refractivity contribution >= 4 is 34.6 Å². The van der Waals surface area contributed by atoms with Crippen molar-refractivity contribution in [3.63, 3.8) is 0 Å². The fourth-order valence-corrected chi connectivity index (χ4v) is 7.94. The molecule has 7 rings (SSSR count). The Morgan fingerprint density at radius 2 is 1.78 bits per heavy atom. The Balaban J connectivity index is 1.20. The zero-order chi connectivity index (χ0) is 34.9. The quantitative estimate of drug-likeness (QED) is 0.243. The molecule has 4 aliphatic rings. The van der Waals surface area contributed by atoms with Gasteiger partial charge in [0.25, 0.3) is 5.91 Å². The standard InChI is InChI=1S/C36H37FN4O8/c1-39(2)25-16-22(27-8-7-20(49-27)17-40-9-11-41(12-10-40)24-6-4-3-5-23(24)37)31(43)29-21(25)14-18-13-19-15-26(42)30(35(38)47)34(46)36(19,48)33(45)28(18)32(29)44/h3-8,16,18-19,43-44,46,48H,9-15,17H2,1-2H3,(H2,38,47). The smallest absolute Gasteiger partial charge is 0.255 e. The number of aliphatic hydroxyl groups is 3. The second kappa shape index (κ2) is 11.8. The van der Waals surface area contributed by atoms with Crippen molar-refractivity contribution in [2.75, 3.05) is 50.1 Å². The molecule has 0 radical (unpaired) electrons. The summed E-state index contributed by atoms with van der Waals surface area (Å²) < 4.78 is 20.5. The van der Waals surface area contributed by atoms with Gasteiger partial charge in [0, 0.05) is 63.9 Å². The predicted molar refractivity (Wildman–Crippen MR) is 177 cm³/mol. The van der Waals surface area contributed by atoms with Crippen LogP contribution in [0, 0.1) is 17.7 Å². The Labute approximate surface area is 281 Å². The number of benzene rings is 2. The number of aromatic hydroxyl groups is 1. The third-order valence-electron chi connectivity index (χ3n) is 10.4. The molecule has 3 atom stereocenters. The summed E-state index contributed by atoms with van der Waals surface area (Å²) in [6.45, 7) is 3.13. The van der Waals surface area contributed by atoms with Crippen LogP contribution in [0.5, 0.6) is 5.75 Å². The summed E-state index contributed by atoms with van der Waals surface area (Å²) in [5, 5.41) is 45.8. The average Bonchev–Trinajstić information content (AvgIpc) is 3.51. The van der Waals surface area contributed by atoms with Crippen LogP contribution in [0.25, 0.3) is 17.1 Å². The maximum absolute atomic E-state index is 14.3. The van der Waals surface area contributed by atoms with Gasteiger partial charge in [-0.05, 0) is 54.7 Å². The van der Waals surface area contributed by atoms with Gasteiger partial charge in [0.05, 0.1) is 23.4 Å². The van der Waals surface area contributed by atoms with Crippen LogP contribution in [-0.4, -0.2) is 88.7 Å². The van der Waals surface area contributed by atoms with E-state index in [2.05, 4.69) is 4.90 Å². The minimum absolute atomic E-state index is 0.00412. The Morgan fingerprint density at radius 1 is 1.06 bits per heavy atom. The second-order valence-corrected chi connectivity index (χ2v) is 13.4. The summed E-state index contributed by atoms with van der Waals surface area (Å²) >= 11 is 0. The van der Waals surface area contributed by atoms with Gasteiger partial charge < -0.3 is 40.4 Å². The maximum Gasteiger partial charge on any atom is 0.255 e. The van der Waals surface area contributed by atoms with E-state index in [9.17, 15) is 39.2 Å². The molecule has 3 unspecified atom stereocenters. The number of primary amides is 1. The van der Waals surface area contributed by atoms with Gasteiger partial charge in [-0.15, -0.1) is 0 Å². The highest BCUT2D eigenvalue weighted by Crippen LogP contribution is 2.54. The highest BCUT2D eigenvalue weighted by atomic mass is 19.1. The van der Waals surface area contributed by atoms with E-state index in [1.807, 2.05) is 15.9 Å². The molecule has 49 heavy (non-hydrogen) atoms. The topological polar surface area (TPSA) is 181 Å². The molecule has 1 saturated carbocycles. The van der Waals surface area contributed by atoms with Gasteiger partial charge in [0.2, 0.25) is 5.78 Å². The van der Waals surface area contributed by atoms with Crippen molar-refractivity contribution in [1.29, 1.82) is 0 Å². The van der Waals surface area contributed by atoms with Gasteiger partial charge in [-0.25, -0.2) is 4.39 Å². The summed E-state index contributed by atoms with van der Waals surface area (Å²) in [6.07, 6.45) is -0.138. The largest absolute Gasteiger partial charge is 0.508 e. The molecule has 0 spiro atoms. The third-order valence-corrected chi connectivity index (χ3v) is 10.4. The predicted octanol–water partition coefficient (Wildman–Crippen LogP) is 3.21. The first-order chi connectivity index (χ1) is 23.3. The Morgan fingerprint density at radius 3 is 2.45 bits per heavy atom. The van der Waals surface area contributed by atoms with Crippen molar-refractivity contribution in [3.05, 3.63) is 82.1 Å². The summed E-state index contributed by atoms with van der Waals surface area (Å²) in [4.78, 5) is 44.6. The molecule has 12 nitrogen and oxygen atoms in total. The number of Topliss-reactive ketones (excluding diaryl/α,β-unsaturated/α-hetero) is 2. The number of fused-ring (bicyclic) bond motifs is 3. The zero-order valence-electron chi connectivity index (χ0n) is 27.1. The first-order valence-electron chi connectivity index (χ1n) is 16.2. The van der Waals surface area contributed by atoms with Gasteiger partial charge in [-0.1, -0.05) is 12.1 Å². The van der Waals surface area contributed by atoms with E-state index < -0.39 is 52.0 Å². The number of phenolic OH excluding ortho intramolecular Hbond substituents is 1. The Kier molecular flexibility index (Phi) is 7.79. The highest BCUT2D eigenvalue weighted by molar-refractivity contribution is 6.22. The molecule has 1 amide bonds. The van der Waals surface area contributed by atoms with E-state index in [-0.39, 0.29) is 47.5 Å². The fraction of sp³-hybridized carbons (Fsp3) is 0.361. The Hall–Kier alpha value is -5.14. The molecular formula is C36H37FN4O8. The van der Waals surface area contributed by atoms with E-state index in [0.717, 1.165) is 0 Å². The minimum atomic E-state index is -2.64. The molecule has 1 saturated heterocycles. The molecule has 1 aliphatic heterocycles. The zero-order valence-corrected chi connectivity index (χ0v) is 27.1. The lowest BCUT2D eigenvalue weighted by Crippen LogP contribution is -2.58. The molecule has 0 bridgehead atoms. The van der Waals surface area contributed by atoms with Crippen LogP contribution >= 0.6 is 0 Å². The SMILES string of the molecule is CN(C)c1cc(-c2ccc(CN3CCN(c4ccccc4F)CC3)o2)c(O)c2c1CC1CC3CC(=O)C(C(N)=O)=C(O)C3(O)C(=O)C1=C2O. The summed E-state index contributed by atoms with van der Waals surface area (Å²) in [7, 11) is 3.61. The first kappa shape index (κ1) is 32.4. The number of carbonyl (C=O) groups excluding carboxylic acids is 3. The van der Waals surface area contributed by atoms with Crippen LogP contribution < -0.4 is 15.5 Å². The van der Waals surface area contributed by atoms with Gasteiger partial charge in [-0.2, -0.15) is 0 Å². The highest BCUT2D eigenvalue weighted by Gasteiger charge is 2.60. The van der Waals surface area contributed by atoms with Crippen molar-refractivity contribution in [2.45, 2.75) is 31.4 Å². The number of furan rings is 1. The van der Waals surface area contributed by atoms with Crippen LogP contribution in [0.1, 0.15) is 29.7 Å². The third kappa shape index (κ3) is 5.06. The number of rotatable bonds is 6. The van der Waals surface area contributed by atoms with Crippen LogP contribution in [0.2, 0.25) is 0 Å². The van der Waals surface area contributed by atoms with Gasteiger partial charge >= 0.3 is 0 Å². The number of nitrogens with two attached hydrogens (primary N) is 1. The lowest BCUT2D eigenvalue weighted by Gasteiger charge is -2.46. The molecule has 3 aromatic rings. The van der Waals surface area contributed by atoms with Crippen LogP contribution in [0.4, 0.5) is 15.8 Å². The number of nitrogens with zero attached hydrogens (tertiary/aromatic N) is 3. The molecule has 13 heteroatoms. The van der Waals surface area contributed by atoms with Crippen molar-refractivity contribution in [3.8, 4) is 17.1 Å². The molecule has 256 valence electrons. The first-order valence-corrected chi connectivity index (χ1v) is 16.2. The van der Waals surface area contributed by atoms with Gasteiger partial charge in [-0.3, -0.25) is 19.3 Å². The molecule has 2 fully saturated rings. The minimum Gasteiger partial charge on any atom is -0.508 e. The number of para-hydroxylation sites is 1. The van der Waals surface area contributed by atoms with Gasteiger partial charge in [0.1, 0.15) is 40.2 Å². The number of phenols is 1. The normalized spacial score (nSPS) is 24.1. The van der Waals surface area contributed by atoms with Crippen molar-refractivity contribution in [1.82, 2.24) is 4.90 Å². The van der Waals surface area contributed by atoms with Crippen LogP contribution in [-0.2, 0) is 27.3 Å². The number of carbonyl (C=O) groups is 3. The number of halogens is 1. The monoisotopic (exact) mass is 672 g/mol. The number of hydrogen-bond acceptors (Lipinski definition) is 11. The number of ketones is 2. The van der Waals surface area contributed by atoms with E-state index in [0.29, 0.717) is 61.2 Å². The lowest BCUT2D eigenvalue weighted by molar-refractivity contribution is -0.147. The number of anilines is 2. The van der Waals surface area contributed by atoms with E-state index in [4.69, 9.17) is 10.2 Å². The number of piperazine rings is 1. The number of hydrogen-bond donors (Lipinski definition) is 5. The van der Waals surface area contributed by atoms with Crippen LogP contribution in [0.3, 0.4) is 0 Å². The fourth-order valence-electron chi connectivity index (χ4n) is 7.94. The maximum atomic E-state index is 14.3. The van der Waals surface area contributed by atoms with Crippen LogP contribution in [0.15, 0.2) is 63.8 Å². The second-order valence-electron chi connectivity index (χ2n) is 13.4. The van der Waals surface area contributed by atoms with E-state index in [1.165, 1.54) is 6.07 Å². The van der Waals surface area contributed by atoms with Crippen molar-refractivity contribution < 1.29 is 43.6 Å². The number of amides is 1. The summed E-state index contributed by atoms with van der Waals surface area (Å²) in [5.74, 6) is -6.06. The molecule has 6 N–H and O–H groups in total. The molecule has 2 heterocycles. The van der Waals surface area contributed by atoms with Crippen molar-refractivity contribution in [2.24, 2.45) is 17.6 Å². The molecule has 1 aromatic heterocycles. The average molecular weight is 673 g/mol. The van der Waals surface area contributed by atoms with Gasteiger partial charge in [0.15, 0.2) is 11.4 Å². The Bertz CT molecular complexity index is 1970. The molecule has 3 aliphatic carbocycles. The van der Waals surface area contributed by atoms with E-state index >= 15 is 0 Å². The van der Waals surface area contributed by atoms with E-state index in [1.54, 1.807) is 44.4 Å². The summed E-state index contributed by atoms with van der Waals surface area (Å²) in [5.41, 5.74) is 3.68.